The molecule has 0 atom stereocenters. The number of rotatable bonds is 4. The van der Waals surface area contributed by atoms with Crippen LogP contribution in [0.2, 0.25) is 0 Å². The molecule has 2 aromatic heterocycles. The number of likely N-dealkylation sites (tertiary alicyclic amines) is 1. The maximum absolute atomic E-state index is 6.17. The van der Waals surface area contributed by atoms with Crippen LogP contribution in [-0.4, -0.2) is 47.4 Å². The highest BCUT2D eigenvalue weighted by Crippen LogP contribution is 2.27. The smallest absolute Gasteiger partial charge is 0.257 e. The first-order valence-electron chi connectivity index (χ1n) is 7.71. The van der Waals surface area contributed by atoms with Gasteiger partial charge in [0.2, 0.25) is 0 Å². The molecule has 1 aliphatic heterocycles. The number of aryl methyl sites for hydroxylation is 2. The molecule has 0 aliphatic carbocycles. The first kappa shape index (κ1) is 14.2. The molecule has 2 N–H and O–H groups in total. The third-order valence-corrected chi connectivity index (χ3v) is 4.82. The van der Waals surface area contributed by atoms with Crippen LogP contribution in [0, 0.1) is 13.8 Å². The minimum atomic E-state index is 0.564. The Morgan fingerprint density at radius 3 is 2.71 bits per heavy atom. The van der Waals surface area contributed by atoms with E-state index < -0.39 is 0 Å². The third-order valence-electron chi connectivity index (χ3n) is 4.82. The van der Waals surface area contributed by atoms with Gasteiger partial charge in [0.05, 0.1) is 25.7 Å². The molecule has 0 amide bonds. The molecule has 3 rings (SSSR count). The number of likely N-dealkylation sites (N-methyl/N-ethyl adjacent to an activating group) is 1. The predicted molar refractivity (Wildman–Crippen MR) is 84.6 cm³/mol. The van der Waals surface area contributed by atoms with Crippen molar-refractivity contribution < 1.29 is 9.22 Å². The van der Waals surface area contributed by atoms with Crippen LogP contribution in [0.4, 0.5) is 5.69 Å². The fraction of sp³-hybridized carbons (Fsp3) is 0.562. The maximum Gasteiger partial charge on any atom is 0.257 e. The van der Waals surface area contributed by atoms with Crippen LogP contribution in [0.1, 0.15) is 24.1 Å². The number of ether oxygens (including phenoxy) is 1. The highest BCUT2D eigenvalue weighted by Gasteiger charge is 2.26. The Balaban J connectivity index is 1.75. The second-order valence-corrected chi connectivity index (χ2v) is 6.46. The lowest BCUT2D eigenvalue weighted by molar-refractivity contribution is -0.897. The Bertz CT molecular complexity index is 656. The van der Waals surface area contributed by atoms with Gasteiger partial charge in [-0.25, -0.2) is 4.52 Å². The predicted octanol–water partition coefficient (Wildman–Crippen LogP) is 2.15. The minimum Gasteiger partial charge on any atom is -0.469 e. The quantitative estimate of drug-likeness (QED) is 0.878. The molecule has 1 aliphatic rings. The van der Waals surface area contributed by atoms with Crippen molar-refractivity contribution >= 4 is 11.2 Å². The highest BCUT2D eigenvalue weighted by atomic mass is 16.5. The van der Waals surface area contributed by atoms with E-state index in [4.69, 9.17) is 10.5 Å². The summed E-state index contributed by atoms with van der Waals surface area (Å²) in [6.45, 7) is 8.32. The zero-order valence-corrected chi connectivity index (χ0v) is 13.2. The molecule has 1 fully saturated rings. The Kier molecular flexibility index (Phi) is 3.53. The standard InChI is InChI=1S/C16H25N4O/c1-12-6-7-14-15(17)16(18-19(14)13(12)2)21-11-10-20(3)8-4-5-9-20/h6-7H,4-5,8-11,17H2,1-3H3/q+1. The Labute approximate surface area is 125 Å². The molecule has 0 bridgehead atoms. The number of quaternary nitrogens is 1. The van der Waals surface area contributed by atoms with Gasteiger partial charge in [0.1, 0.15) is 18.8 Å². The summed E-state index contributed by atoms with van der Waals surface area (Å²) in [4.78, 5) is 0. The Hall–Kier alpha value is -1.75. The summed E-state index contributed by atoms with van der Waals surface area (Å²) < 4.78 is 8.85. The summed E-state index contributed by atoms with van der Waals surface area (Å²) in [5.41, 5.74) is 10.0. The van der Waals surface area contributed by atoms with Gasteiger partial charge in [0.25, 0.3) is 5.88 Å². The normalized spacial score (nSPS) is 17.5. The molecule has 5 nitrogen and oxygen atoms in total. The summed E-state index contributed by atoms with van der Waals surface area (Å²) in [6.07, 6.45) is 2.65. The molecule has 0 aromatic carbocycles. The lowest BCUT2D eigenvalue weighted by Gasteiger charge is -2.28. The fourth-order valence-corrected chi connectivity index (χ4v) is 3.12. The second kappa shape index (κ2) is 5.22. The van der Waals surface area contributed by atoms with E-state index in [0.29, 0.717) is 18.2 Å². The summed E-state index contributed by atoms with van der Waals surface area (Å²) in [5, 5.41) is 4.52. The van der Waals surface area contributed by atoms with Gasteiger partial charge in [-0.2, -0.15) is 0 Å². The van der Waals surface area contributed by atoms with Crippen LogP contribution in [-0.2, 0) is 0 Å². The van der Waals surface area contributed by atoms with Gasteiger partial charge in [-0.1, -0.05) is 6.07 Å². The SMILES string of the molecule is Cc1ccc2c(N)c(OCC[N+]3(C)CCCC3)nn2c1C. The summed E-state index contributed by atoms with van der Waals surface area (Å²) >= 11 is 0. The van der Waals surface area contributed by atoms with Crippen LogP contribution in [0.25, 0.3) is 5.52 Å². The summed E-state index contributed by atoms with van der Waals surface area (Å²) in [7, 11) is 2.30. The van der Waals surface area contributed by atoms with Gasteiger partial charge in [0.15, 0.2) is 0 Å². The van der Waals surface area contributed by atoms with Gasteiger partial charge in [-0.15, -0.1) is 5.10 Å². The highest BCUT2D eigenvalue weighted by molar-refractivity contribution is 5.75. The number of fused-ring (bicyclic) bond motifs is 1. The van der Waals surface area contributed by atoms with Crippen LogP contribution >= 0.6 is 0 Å². The van der Waals surface area contributed by atoms with Crippen LogP contribution < -0.4 is 10.5 Å². The summed E-state index contributed by atoms with van der Waals surface area (Å²) in [5.74, 6) is 0.564. The van der Waals surface area contributed by atoms with Crippen molar-refractivity contribution in [2.75, 3.05) is 39.0 Å². The average Bonchev–Trinajstić information content (AvgIpc) is 3.01. The van der Waals surface area contributed by atoms with Crippen LogP contribution in [0.3, 0.4) is 0 Å². The average molecular weight is 289 g/mol. The number of nitrogens with two attached hydrogens (primary N) is 1. The number of hydrogen-bond acceptors (Lipinski definition) is 3. The lowest BCUT2D eigenvalue weighted by Crippen LogP contribution is -2.43. The zero-order valence-electron chi connectivity index (χ0n) is 13.2. The van der Waals surface area contributed by atoms with E-state index in [1.807, 2.05) is 10.6 Å². The maximum atomic E-state index is 6.17. The van der Waals surface area contributed by atoms with Crippen molar-refractivity contribution in [2.45, 2.75) is 26.7 Å². The van der Waals surface area contributed by atoms with E-state index in [0.717, 1.165) is 22.2 Å². The monoisotopic (exact) mass is 289 g/mol. The molecule has 114 valence electrons. The van der Waals surface area contributed by atoms with Gasteiger partial charge >= 0.3 is 0 Å². The first-order valence-corrected chi connectivity index (χ1v) is 7.71. The van der Waals surface area contributed by atoms with Crippen molar-refractivity contribution in [2.24, 2.45) is 0 Å². The molecule has 1 saturated heterocycles. The molecule has 0 radical (unpaired) electrons. The number of anilines is 1. The van der Waals surface area contributed by atoms with Crippen molar-refractivity contribution in [1.82, 2.24) is 9.61 Å². The summed E-state index contributed by atoms with van der Waals surface area (Å²) in [6, 6.07) is 4.08. The van der Waals surface area contributed by atoms with Gasteiger partial charge in [-0.3, -0.25) is 0 Å². The molecule has 0 saturated carbocycles. The third kappa shape index (κ3) is 2.58. The van der Waals surface area contributed by atoms with Crippen molar-refractivity contribution in [3.05, 3.63) is 23.4 Å². The number of nitrogen functional groups attached to an aromatic ring is 1. The van der Waals surface area contributed by atoms with E-state index in [2.05, 4.69) is 32.1 Å². The molecule has 3 heterocycles. The van der Waals surface area contributed by atoms with Crippen LogP contribution in [0.15, 0.2) is 12.1 Å². The topological polar surface area (TPSA) is 52.5 Å². The van der Waals surface area contributed by atoms with Gasteiger partial charge in [0, 0.05) is 18.5 Å². The number of hydrogen-bond donors (Lipinski definition) is 1. The van der Waals surface area contributed by atoms with E-state index in [1.54, 1.807) is 0 Å². The fourth-order valence-electron chi connectivity index (χ4n) is 3.12. The van der Waals surface area contributed by atoms with Gasteiger partial charge < -0.3 is 15.0 Å². The van der Waals surface area contributed by atoms with Crippen molar-refractivity contribution in [1.29, 1.82) is 0 Å². The Morgan fingerprint density at radius 2 is 2.00 bits per heavy atom. The number of nitrogens with zero attached hydrogens (tertiary/aromatic N) is 3. The van der Waals surface area contributed by atoms with Crippen LogP contribution in [0.5, 0.6) is 5.88 Å². The lowest BCUT2D eigenvalue weighted by atomic mass is 10.2. The molecule has 0 spiro atoms. The zero-order chi connectivity index (χ0) is 15.0. The molecule has 2 aromatic rings. The minimum absolute atomic E-state index is 0.564. The molecular weight excluding hydrogens is 264 g/mol. The van der Waals surface area contributed by atoms with E-state index in [9.17, 15) is 0 Å². The van der Waals surface area contributed by atoms with E-state index >= 15 is 0 Å². The molecule has 21 heavy (non-hydrogen) atoms. The van der Waals surface area contributed by atoms with E-state index in [-0.39, 0.29) is 0 Å². The Morgan fingerprint density at radius 1 is 1.29 bits per heavy atom. The van der Waals surface area contributed by atoms with Gasteiger partial charge in [-0.05, 0) is 25.5 Å². The molecular formula is C16H25N4O+. The first-order chi connectivity index (χ1) is 10.0. The second-order valence-electron chi connectivity index (χ2n) is 6.46. The van der Waals surface area contributed by atoms with Crippen molar-refractivity contribution in [3.63, 3.8) is 0 Å². The number of pyridine rings is 1. The van der Waals surface area contributed by atoms with Crippen molar-refractivity contribution in [3.8, 4) is 5.88 Å². The largest absolute Gasteiger partial charge is 0.469 e. The molecule has 0 unspecified atom stereocenters. The molecule has 5 heteroatoms. The number of aromatic nitrogens is 2. The van der Waals surface area contributed by atoms with E-state index in [1.165, 1.54) is 31.5 Å².